The second-order valence-electron chi connectivity index (χ2n) is 8.86. The molecule has 0 nitrogen and oxygen atoms in total. The molecule has 6 atom stereocenters. The summed E-state index contributed by atoms with van der Waals surface area (Å²) in [5.74, 6) is 3.98. The lowest BCUT2D eigenvalue weighted by atomic mass is 9.48. The Morgan fingerprint density at radius 1 is 1.10 bits per heavy atom. The average molecular weight is 284 g/mol. The van der Waals surface area contributed by atoms with Crippen molar-refractivity contribution in [2.75, 3.05) is 0 Å². The normalized spacial score (nSPS) is 51.9. The minimum Gasteiger partial charge on any atom is -0.0842 e. The Hall–Kier alpha value is -0.520. The molecule has 0 aliphatic heterocycles. The van der Waals surface area contributed by atoms with Gasteiger partial charge >= 0.3 is 0 Å². The van der Waals surface area contributed by atoms with Crippen LogP contribution >= 0.6 is 0 Å². The minimum atomic E-state index is 0.503. The van der Waals surface area contributed by atoms with Crippen LogP contribution in [-0.2, 0) is 0 Å². The molecule has 4 aliphatic carbocycles. The highest BCUT2D eigenvalue weighted by atomic mass is 14.6. The molecule has 0 bridgehead atoms. The lowest BCUT2D eigenvalue weighted by Gasteiger charge is -2.57. The fraction of sp³-hybridized carbons (Fsp3) is 0.810. The van der Waals surface area contributed by atoms with E-state index in [4.69, 9.17) is 0 Å². The molecule has 0 heterocycles. The molecule has 0 unspecified atom stereocenters. The van der Waals surface area contributed by atoms with Crippen LogP contribution in [0.15, 0.2) is 23.8 Å². The zero-order valence-corrected chi connectivity index (χ0v) is 14.2. The topological polar surface area (TPSA) is 0 Å². The summed E-state index contributed by atoms with van der Waals surface area (Å²) in [4.78, 5) is 0. The summed E-state index contributed by atoms with van der Waals surface area (Å²) in [6.07, 6.45) is 19.0. The maximum atomic E-state index is 2.65. The largest absolute Gasteiger partial charge is 0.0842 e. The van der Waals surface area contributed by atoms with Crippen molar-refractivity contribution in [2.45, 2.75) is 72.1 Å². The average Bonchev–Trinajstić information content (AvgIpc) is 2.83. The van der Waals surface area contributed by atoms with Crippen molar-refractivity contribution in [2.24, 2.45) is 34.5 Å². The Balaban J connectivity index is 1.69. The number of rotatable bonds is 1. The predicted octanol–water partition coefficient (Wildman–Crippen LogP) is 6.14. The third-order valence-electron chi connectivity index (χ3n) is 8.34. The molecule has 4 rings (SSSR count). The van der Waals surface area contributed by atoms with E-state index in [-0.39, 0.29) is 0 Å². The monoisotopic (exact) mass is 284 g/mol. The standard InChI is InChI=1S/C21H32/c1-4-15-9-11-18-17-10-8-16-7-5-6-13-20(16,2)19(17)12-14-21(15,18)3/h5,7-8,15,17-19H,4,6,9-14H2,1-3H3/t15-,17-,18-,19-,20+,21+/m0/s1. The molecule has 116 valence electrons. The van der Waals surface area contributed by atoms with Crippen LogP contribution in [-0.4, -0.2) is 0 Å². The molecule has 0 radical (unpaired) electrons. The van der Waals surface area contributed by atoms with E-state index >= 15 is 0 Å². The first-order chi connectivity index (χ1) is 10.1. The molecule has 4 aliphatic rings. The van der Waals surface area contributed by atoms with Crippen LogP contribution < -0.4 is 0 Å². The van der Waals surface area contributed by atoms with Gasteiger partial charge in [-0.05, 0) is 85.0 Å². The Morgan fingerprint density at radius 3 is 2.76 bits per heavy atom. The predicted molar refractivity (Wildman–Crippen MR) is 90.0 cm³/mol. The van der Waals surface area contributed by atoms with Crippen LogP contribution in [0.3, 0.4) is 0 Å². The summed E-state index contributed by atoms with van der Waals surface area (Å²) in [5, 5.41) is 0. The van der Waals surface area contributed by atoms with Gasteiger partial charge in [-0.3, -0.25) is 0 Å². The lowest BCUT2D eigenvalue weighted by Crippen LogP contribution is -2.48. The first-order valence-corrected chi connectivity index (χ1v) is 9.47. The third kappa shape index (κ3) is 1.80. The fourth-order valence-corrected chi connectivity index (χ4v) is 7.08. The molecule has 21 heavy (non-hydrogen) atoms. The summed E-state index contributed by atoms with van der Waals surface area (Å²) < 4.78 is 0. The highest BCUT2D eigenvalue weighted by Crippen LogP contribution is 2.66. The number of hydrogen-bond donors (Lipinski definition) is 0. The van der Waals surface area contributed by atoms with Crippen molar-refractivity contribution in [3.8, 4) is 0 Å². The third-order valence-corrected chi connectivity index (χ3v) is 8.34. The minimum absolute atomic E-state index is 0.503. The summed E-state index contributed by atoms with van der Waals surface area (Å²) >= 11 is 0. The van der Waals surface area contributed by atoms with E-state index < -0.39 is 0 Å². The molecule has 0 aromatic rings. The van der Waals surface area contributed by atoms with Gasteiger partial charge in [-0.15, -0.1) is 0 Å². The molecule has 2 saturated carbocycles. The molecule has 0 saturated heterocycles. The zero-order valence-electron chi connectivity index (χ0n) is 14.2. The Labute approximate surface area is 131 Å². The van der Waals surface area contributed by atoms with E-state index in [1.807, 2.05) is 0 Å². The van der Waals surface area contributed by atoms with Gasteiger partial charge in [0.2, 0.25) is 0 Å². The second-order valence-corrected chi connectivity index (χ2v) is 8.86. The molecule has 0 aromatic carbocycles. The highest BCUT2D eigenvalue weighted by Gasteiger charge is 2.57. The van der Waals surface area contributed by atoms with Crippen molar-refractivity contribution < 1.29 is 0 Å². The van der Waals surface area contributed by atoms with E-state index in [9.17, 15) is 0 Å². The second kappa shape index (κ2) is 4.74. The van der Waals surface area contributed by atoms with E-state index in [1.54, 1.807) is 5.57 Å². The van der Waals surface area contributed by atoms with Crippen molar-refractivity contribution in [3.63, 3.8) is 0 Å². The van der Waals surface area contributed by atoms with Gasteiger partial charge in [-0.1, -0.05) is 45.4 Å². The van der Waals surface area contributed by atoms with Crippen LogP contribution in [0, 0.1) is 34.5 Å². The maximum Gasteiger partial charge on any atom is -0.00445 e. The smallest absolute Gasteiger partial charge is 0.00445 e. The van der Waals surface area contributed by atoms with E-state index in [1.165, 1.54) is 51.4 Å². The molecule has 0 amide bonds. The molecule has 0 spiro atoms. The molecular weight excluding hydrogens is 252 g/mol. The van der Waals surface area contributed by atoms with E-state index in [0.29, 0.717) is 10.8 Å². The van der Waals surface area contributed by atoms with Crippen LogP contribution in [0.5, 0.6) is 0 Å². The van der Waals surface area contributed by atoms with Crippen molar-refractivity contribution in [1.29, 1.82) is 0 Å². The maximum absolute atomic E-state index is 2.65. The summed E-state index contributed by atoms with van der Waals surface area (Å²) in [7, 11) is 0. The Kier molecular flexibility index (Phi) is 3.18. The summed E-state index contributed by atoms with van der Waals surface area (Å²) in [6, 6.07) is 0. The van der Waals surface area contributed by atoms with E-state index in [0.717, 1.165) is 23.7 Å². The highest BCUT2D eigenvalue weighted by molar-refractivity contribution is 5.34. The molecule has 2 fully saturated rings. The van der Waals surface area contributed by atoms with Gasteiger partial charge in [0.1, 0.15) is 0 Å². The lowest BCUT2D eigenvalue weighted by molar-refractivity contribution is -0.0359. The van der Waals surface area contributed by atoms with Crippen LogP contribution in [0.4, 0.5) is 0 Å². The number of allylic oxidation sites excluding steroid dienone is 4. The molecule has 0 heteroatoms. The van der Waals surface area contributed by atoms with Crippen LogP contribution in [0.1, 0.15) is 72.1 Å². The molecule has 0 aromatic heterocycles. The van der Waals surface area contributed by atoms with Crippen molar-refractivity contribution in [1.82, 2.24) is 0 Å². The Bertz CT molecular complexity index is 484. The first kappa shape index (κ1) is 14.1. The summed E-state index contributed by atoms with van der Waals surface area (Å²) in [6.45, 7) is 7.67. The summed E-state index contributed by atoms with van der Waals surface area (Å²) in [5.41, 5.74) is 2.86. The zero-order chi connectivity index (χ0) is 14.7. The van der Waals surface area contributed by atoms with Gasteiger partial charge in [0, 0.05) is 0 Å². The van der Waals surface area contributed by atoms with Gasteiger partial charge in [0.25, 0.3) is 0 Å². The SMILES string of the molecule is CC[C@H]1CC[C@H]2[C@@H]3CC=C4C=CCC[C@@]4(C)[C@H]3CC[C@]12C. The van der Waals surface area contributed by atoms with Crippen LogP contribution in [0.25, 0.3) is 0 Å². The first-order valence-electron chi connectivity index (χ1n) is 9.47. The molecule has 0 N–H and O–H groups in total. The quantitative estimate of drug-likeness (QED) is 0.542. The molecular formula is C21H32. The number of hydrogen-bond acceptors (Lipinski definition) is 0. The van der Waals surface area contributed by atoms with Gasteiger partial charge in [0.15, 0.2) is 0 Å². The Morgan fingerprint density at radius 2 is 1.95 bits per heavy atom. The van der Waals surface area contributed by atoms with Crippen LogP contribution in [0.2, 0.25) is 0 Å². The van der Waals surface area contributed by atoms with Gasteiger partial charge in [-0.25, -0.2) is 0 Å². The van der Waals surface area contributed by atoms with E-state index in [2.05, 4.69) is 39.0 Å². The fourth-order valence-electron chi connectivity index (χ4n) is 7.08. The van der Waals surface area contributed by atoms with Crippen molar-refractivity contribution in [3.05, 3.63) is 23.8 Å². The van der Waals surface area contributed by atoms with Gasteiger partial charge in [-0.2, -0.15) is 0 Å². The van der Waals surface area contributed by atoms with Gasteiger partial charge < -0.3 is 0 Å². The number of fused-ring (bicyclic) bond motifs is 5. The van der Waals surface area contributed by atoms with Crippen molar-refractivity contribution >= 4 is 0 Å². The van der Waals surface area contributed by atoms with Gasteiger partial charge in [0.05, 0.1) is 0 Å².